The lowest BCUT2D eigenvalue weighted by Gasteiger charge is -2.23. The average Bonchev–Trinajstić information content (AvgIpc) is 3.04. The molecule has 1 aliphatic heterocycles. The van der Waals surface area contributed by atoms with Gasteiger partial charge in [-0.2, -0.15) is 0 Å². The Balaban J connectivity index is 1.90. The van der Waals surface area contributed by atoms with E-state index in [9.17, 15) is 4.79 Å². The zero-order chi connectivity index (χ0) is 15.0. The molecule has 110 valence electrons. The van der Waals surface area contributed by atoms with Crippen LogP contribution in [0.1, 0.15) is 31.3 Å². The highest BCUT2D eigenvalue weighted by Crippen LogP contribution is 2.40. The van der Waals surface area contributed by atoms with Crippen molar-refractivity contribution in [2.75, 3.05) is 12.3 Å². The highest BCUT2D eigenvalue weighted by atomic mass is 35.5. The Hall–Kier alpha value is -1.04. The van der Waals surface area contributed by atoms with E-state index in [0.717, 1.165) is 33.4 Å². The maximum atomic E-state index is 12.8. The van der Waals surface area contributed by atoms with E-state index < -0.39 is 0 Å². The van der Waals surface area contributed by atoms with Crippen molar-refractivity contribution >= 4 is 40.6 Å². The summed E-state index contributed by atoms with van der Waals surface area (Å²) < 4.78 is 0. The fraction of sp³-hybridized carbons (Fsp3) is 0.333. The van der Waals surface area contributed by atoms with Gasteiger partial charge in [0.15, 0.2) is 0 Å². The number of halogens is 1. The molecule has 1 saturated heterocycles. The van der Waals surface area contributed by atoms with E-state index >= 15 is 0 Å². The highest BCUT2D eigenvalue weighted by molar-refractivity contribution is 7.99. The Morgan fingerprint density at radius 2 is 2.24 bits per heavy atom. The summed E-state index contributed by atoms with van der Waals surface area (Å²) in [7, 11) is 0. The quantitative estimate of drug-likeness (QED) is 0.818. The van der Waals surface area contributed by atoms with E-state index in [1.807, 2.05) is 43.0 Å². The van der Waals surface area contributed by atoms with Crippen LogP contribution < -0.4 is 0 Å². The van der Waals surface area contributed by atoms with Gasteiger partial charge in [-0.1, -0.05) is 23.7 Å². The number of nitrogens with zero attached hydrogens (tertiary/aromatic N) is 2. The summed E-state index contributed by atoms with van der Waals surface area (Å²) in [6, 6.07) is 7.75. The van der Waals surface area contributed by atoms with Gasteiger partial charge < -0.3 is 4.90 Å². The first-order valence-corrected chi connectivity index (χ1v) is 8.92. The summed E-state index contributed by atoms with van der Waals surface area (Å²) in [5, 5.41) is 1.68. The van der Waals surface area contributed by atoms with Crippen LogP contribution in [0.5, 0.6) is 0 Å². The smallest absolute Gasteiger partial charge is 0.267 e. The number of aryl methyl sites for hydroxylation is 2. The van der Waals surface area contributed by atoms with Crippen LogP contribution >= 0.6 is 34.7 Å². The minimum atomic E-state index is 0.0398. The first-order valence-electron chi connectivity index (χ1n) is 6.68. The molecule has 6 heteroatoms. The molecule has 1 aliphatic rings. The summed E-state index contributed by atoms with van der Waals surface area (Å²) in [4.78, 5) is 19.8. The number of hydrogen-bond acceptors (Lipinski definition) is 4. The van der Waals surface area contributed by atoms with E-state index in [4.69, 9.17) is 11.6 Å². The summed E-state index contributed by atoms with van der Waals surface area (Å²) >= 11 is 9.33. The van der Waals surface area contributed by atoms with Crippen molar-refractivity contribution in [3.63, 3.8) is 0 Å². The normalized spacial score (nSPS) is 18.2. The monoisotopic (exact) mass is 338 g/mol. The molecule has 2 heterocycles. The number of amides is 1. The Morgan fingerprint density at radius 3 is 2.90 bits per heavy atom. The van der Waals surface area contributed by atoms with Crippen LogP contribution in [0.2, 0.25) is 5.02 Å². The molecule has 0 bridgehead atoms. The number of thiazole rings is 1. The van der Waals surface area contributed by atoms with Gasteiger partial charge >= 0.3 is 0 Å². The molecule has 0 saturated carbocycles. The number of benzene rings is 1. The second-order valence-electron chi connectivity index (χ2n) is 4.92. The van der Waals surface area contributed by atoms with E-state index in [2.05, 4.69) is 4.98 Å². The molecule has 0 N–H and O–H groups in total. The maximum Gasteiger partial charge on any atom is 0.267 e. The Bertz CT molecular complexity index is 686. The molecule has 1 fully saturated rings. The summed E-state index contributed by atoms with van der Waals surface area (Å²) in [6.45, 7) is 4.59. The fourth-order valence-electron chi connectivity index (χ4n) is 2.47. The standard InChI is InChI=1S/C15H15ClN2OS2/c1-9-13(21-10(2)17-9)14(19)18-6-7-20-15(18)11-4-3-5-12(16)8-11/h3-5,8,15H,6-7H2,1-2H3. The molecule has 1 atom stereocenters. The molecule has 21 heavy (non-hydrogen) atoms. The van der Waals surface area contributed by atoms with Crippen LogP contribution in [0, 0.1) is 13.8 Å². The SMILES string of the molecule is Cc1nc(C)c(C(=O)N2CCSC2c2cccc(Cl)c2)s1. The predicted octanol–water partition coefficient (Wildman–Crippen LogP) is 4.30. The van der Waals surface area contributed by atoms with Gasteiger partial charge in [0.25, 0.3) is 5.91 Å². The van der Waals surface area contributed by atoms with Gasteiger partial charge in [-0.3, -0.25) is 4.79 Å². The number of aromatic nitrogens is 1. The lowest BCUT2D eigenvalue weighted by molar-refractivity contribution is 0.0764. The molecule has 0 aliphatic carbocycles. The van der Waals surface area contributed by atoms with Gasteiger partial charge in [0.1, 0.15) is 10.3 Å². The molecule has 1 unspecified atom stereocenters. The van der Waals surface area contributed by atoms with Gasteiger partial charge in [-0.15, -0.1) is 23.1 Å². The van der Waals surface area contributed by atoms with Gasteiger partial charge in [0.05, 0.1) is 10.7 Å². The van der Waals surface area contributed by atoms with Gasteiger partial charge in [-0.25, -0.2) is 4.98 Å². The highest BCUT2D eigenvalue weighted by Gasteiger charge is 2.33. The molecule has 1 amide bonds. The van der Waals surface area contributed by atoms with Crippen LogP contribution in [0.15, 0.2) is 24.3 Å². The van der Waals surface area contributed by atoms with E-state index in [0.29, 0.717) is 5.02 Å². The molecular formula is C15H15ClN2OS2. The van der Waals surface area contributed by atoms with E-state index in [1.165, 1.54) is 11.3 Å². The van der Waals surface area contributed by atoms with Crippen molar-refractivity contribution in [2.45, 2.75) is 19.2 Å². The number of rotatable bonds is 2. The number of thioether (sulfide) groups is 1. The third-order valence-corrected chi connectivity index (χ3v) is 5.94. The fourth-order valence-corrected chi connectivity index (χ4v) is 4.79. The summed E-state index contributed by atoms with van der Waals surface area (Å²) in [5.41, 5.74) is 1.90. The van der Waals surface area contributed by atoms with Crippen molar-refractivity contribution in [1.29, 1.82) is 0 Å². The molecule has 3 nitrogen and oxygen atoms in total. The first kappa shape index (κ1) is 14.9. The number of carbonyl (C=O) groups is 1. The van der Waals surface area contributed by atoms with Crippen LogP contribution in [0.4, 0.5) is 0 Å². The van der Waals surface area contributed by atoms with Crippen molar-refractivity contribution in [2.24, 2.45) is 0 Å². The summed E-state index contributed by atoms with van der Waals surface area (Å²) in [5.74, 6) is 1.02. The number of carbonyl (C=O) groups excluding carboxylic acids is 1. The second kappa shape index (κ2) is 5.99. The van der Waals surface area contributed by atoms with Crippen LogP contribution in [0.3, 0.4) is 0 Å². The Labute approximate surface area is 137 Å². The van der Waals surface area contributed by atoms with Gasteiger partial charge in [-0.05, 0) is 31.5 Å². The third kappa shape index (κ3) is 2.96. The van der Waals surface area contributed by atoms with Crippen LogP contribution in [0.25, 0.3) is 0 Å². The molecule has 3 rings (SSSR count). The average molecular weight is 339 g/mol. The lowest BCUT2D eigenvalue weighted by atomic mass is 10.2. The van der Waals surface area contributed by atoms with Crippen molar-refractivity contribution in [1.82, 2.24) is 9.88 Å². The zero-order valence-electron chi connectivity index (χ0n) is 11.8. The third-order valence-electron chi connectivity index (χ3n) is 3.38. The van der Waals surface area contributed by atoms with Crippen molar-refractivity contribution < 1.29 is 4.79 Å². The Kier molecular flexibility index (Phi) is 4.24. The van der Waals surface area contributed by atoms with Gasteiger partial charge in [0.2, 0.25) is 0 Å². The number of hydrogen-bond donors (Lipinski definition) is 0. The van der Waals surface area contributed by atoms with Crippen molar-refractivity contribution in [3.05, 3.63) is 50.4 Å². The molecule has 0 radical (unpaired) electrons. The molecule has 1 aromatic heterocycles. The molecule has 0 spiro atoms. The van der Waals surface area contributed by atoms with Crippen LogP contribution in [-0.4, -0.2) is 28.1 Å². The van der Waals surface area contributed by atoms with Gasteiger partial charge in [0, 0.05) is 17.3 Å². The van der Waals surface area contributed by atoms with Crippen LogP contribution in [-0.2, 0) is 0 Å². The molecule has 1 aromatic carbocycles. The van der Waals surface area contributed by atoms with Crippen molar-refractivity contribution in [3.8, 4) is 0 Å². The first-order chi connectivity index (χ1) is 10.1. The lowest BCUT2D eigenvalue weighted by Crippen LogP contribution is -2.30. The van der Waals surface area contributed by atoms with E-state index in [-0.39, 0.29) is 11.3 Å². The maximum absolute atomic E-state index is 12.8. The Morgan fingerprint density at radius 1 is 1.43 bits per heavy atom. The topological polar surface area (TPSA) is 33.2 Å². The minimum absolute atomic E-state index is 0.0398. The van der Waals surface area contributed by atoms with E-state index in [1.54, 1.807) is 11.8 Å². The minimum Gasteiger partial charge on any atom is -0.321 e. The molecular weight excluding hydrogens is 324 g/mol. The predicted molar refractivity (Wildman–Crippen MR) is 89.3 cm³/mol. The summed E-state index contributed by atoms with van der Waals surface area (Å²) in [6.07, 6.45) is 0. The molecule has 2 aromatic rings. The largest absolute Gasteiger partial charge is 0.321 e. The zero-order valence-corrected chi connectivity index (χ0v) is 14.2. The second-order valence-corrected chi connectivity index (χ2v) is 7.75.